The highest BCUT2D eigenvalue weighted by molar-refractivity contribution is 14.0. The minimum Gasteiger partial charge on any atom is -0.357 e. The Morgan fingerprint density at radius 2 is 2.12 bits per heavy atom. The van der Waals surface area contributed by atoms with Gasteiger partial charge in [0.15, 0.2) is 5.96 Å². The number of halogens is 1. The summed E-state index contributed by atoms with van der Waals surface area (Å²) in [4.78, 5) is 24.4. The number of likely N-dealkylation sites (tertiary alicyclic amines) is 1. The van der Waals surface area contributed by atoms with Crippen LogP contribution in [0.25, 0.3) is 0 Å². The predicted molar refractivity (Wildman–Crippen MR) is 119 cm³/mol. The van der Waals surface area contributed by atoms with Crippen LogP contribution >= 0.6 is 35.3 Å². The molecule has 1 aliphatic rings. The van der Waals surface area contributed by atoms with Gasteiger partial charge in [-0.05, 0) is 40.0 Å². The zero-order valence-electron chi connectivity index (χ0n) is 16.3. The van der Waals surface area contributed by atoms with Crippen LogP contribution in [0.3, 0.4) is 0 Å². The molecule has 1 aromatic heterocycles. The van der Waals surface area contributed by atoms with Gasteiger partial charge in [0.25, 0.3) is 0 Å². The fourth-order valence-corrected chi connectivity index (χ4v) is 3.95. The van der Waals surface area contributed by atoms with Crippen LogP contribution in [0.4, 0.5) is 0 Å². The number of hydrogen-bond acceptors (Lipinski definition) is 4. The van der Waals surface area contributed by atoms with Crippen molar-refractivity contribution in [1.82, 2.24) is 20.5 Å². The monoisotopic (exact) mass is 493 g/mol. The van der Waals surface area contributed by atoms with Gasteiger partial charge >= 0.3 is 0 Å². The van der Waals surface area contributed by atoms with Crippen molar-refractivity contribution in [2.75, 3.05) is 19.6 Å². The van der Waals surface area contributed by atoms with Crippen molar-refractivity contribution in [3.05, 3.63) is 15.6 Å². The predicted octanol–water partition coefficient (Wildman–Crippen LogP) is 3.22. The normalized spacial score (nSPS) is 15.8. The van der Waals surface area contributed by atoms with Crippen LogP contribution < -0.4 is 10.6 Å². The molecule has 2 rings (SSSR count). The highest BCUT2D eigenvalue weighted by Crippen LogP contribution is 2.18. The first kappa shape index (κ1) is 23.1. The smallest absolute Gasteiger partial charge is 0.222 e. The topological polar surface area (TPSA) is 69.6 Å². The molecule has 1 amide bonds. The molecule has 0 saturated carbocycles. The molecule has 1 aliphatic heterocycles. The van der Waals surface area contributed by atoms with E-state index in [1.165, 1.54) is 4.88 Å². The average molecular weight is 493 g/mol. The number of thiazole rings is 1. The van der Waals surface area contributed by atoms with Gasteiger partial charge in [-0.2, -0.15) is 0 Å². The number of amides is 1. The first-order valence-corrected chi connectivity index (χ1v) is 10.1. The number of hydrogen-bond donors (Lipinski definition) is 2. The fraction of sp³-hybridized carbons (Fsp3) is 0.722. The Morgan fingerprint density at radius 3 is 2.65 bits per heavy atom. The summed E-state index contributed by atoms with van der Waals surface area (Å²) >= 11 is 1.71. The quantitative estimate of drug-likeness (QED) is 0.332. The van der Waals surface area contributed by atoms with Gasteiger partial charge in [-0.1, -0.05) is 6.92 Å². The van der Waals surface area contributed by atoms with E-state index in [2.05, 4.69) is 41.4 Å². The summed E-state index contributed by atoms with van der Waals surface area (Å²) in [5, 5.41) is 7.72. The maximum Gasteiger partial charge on any atom is 0.222 e. The SMILES string of the molecule is CCNC(=NCc1nc(C)c(C)s1)NCCC(CC)N1CCCC1=O.I. The molecule has 0 aromatic carbocycles. The molecule has 1 unspecified atom stereocenters. The lowest BCUT2D eigenvalue weighted by molar-refractivity contribution is -0.129. The van der Waals surface area contributed by atoms with Crippen LogP contribution in [0.2, 0.25) is 0 Å². The second kappa shape index (κ2) is 11.7. The van der Waals surface area contributed by atoms with Crippen LogP contribution in [0, 0.1) is 13.8 Å². The molecule has 0 spiro atoms. The van der Waals surface area contributed by atoms with Gasteiger partial charge in [0, 0.05) is 37.0 Å². The second-order valence-electron chi connectivity index (χ2n) is 6.41. The van der Waals surface area contributed by atoms with E-state index in [4.69, 9.17) is 0 Å². The molecule has 1 fully saturated rings. The van der Waals surface area contributed by atoms with Crippen molar-refractivity contribution in [1.29, 1.82) is 0 Å². The summed E-state index contributed by atoms with van der Waals surface area (Å²) in [5.74, 6) is 1.12. The molecule has 1 atom stereocenters. The molecule has 26 heavy (non-hydrogen) atoms. The van der Waals surface area contributed by atoms with Gasteiger partial charge in [-0.15, -0.1) is 35.3 Å². The molecule has 1 aromatic rings. The lowest BCUT2D eigenvalue weighted by Crippen LogP contribution is -2.42. The van der Waals surface area contributed by atoms with Gasteiger partial charge < -0.3 is 15.5 Å². The highest BCUT2D eigenvalue weighted by Gasteiger charge is 2.26. The van der Waals surface area contributed by atoms with Crippen molar-refractivity contribution < 1.29 is 4.79 Å². The Hall–Kier alpha value is -0.900. The number of aryl methyl sites for hydroxylation is 2. The minimum absolute atomic E-state index is 0. The van der Waals surface area contributed by atoms with Gasteiger partial charge in [0.1, 0.15) is 5.01 Å². The van der Waals surface area contributed by atoms with E-state index in [-0.39, 0.29) is 24.0 Å². The second-order valence-corrected chi connectivity index (χ2v) is 7.70. The summed E-state index contributed by atoms with van der Waals surface area (Å²) < 4.78 is 0. The number of nitrogens with one attached hydrogen (secondary N) is 2. The lowest BCUT2D eigenvalue weighted by atomic mass is 10.1. The van der Waals surface area contributed by atoms with Gasteiger partial charge in [-0.25, -0.2) is 9.98 Å². The highest BCUT2D eigenvalue weighted by atomic mass is 127. The number of nitrogens with zero attached hydrogens (tertiary/aromatic N) is 3. The summed E-state index contributed by atoms with van der Waals surface area (Å²) in [5.41, 5.74) is 1.09. The molecule has 2 heterocycles. The lowest BCUT2D eigenvalue weighted by Gasteiger charge is -2.27. The first-order valence-electron chi connectivity index (χ1n) is 9.29. The van der Waals surface area contributed by atoms with Gasteiger partial charge in [0.2, 0.25) is 5.91 Å². The molecule has 8 heteroatoms. The first-order chi connectivity index (χ1) is 12.0. The van der Waals surface area contributed by atoms with Crippen molar-refractivity contribution >= 4 is 47.2 Å². The van der Waals surface area contributed by atoms with E-state index < -0.39 is 0 Å². The Morgan fingerprint density at radius 1 is 1.35 bits per heavy atom. The third-order valence-electron chi connectivity index (χ3n) is 4.58. The standard InChI is InChI=1S/C18H31N5OS.HI/c1-5-15(23-11-7-8-17(23)24)9-10-20-18(19-6-2)21-12-16-22-13(3)14(4)25-16;/h15H,5-12H2,1-4H3,(H2,19,20,21);1H. The summed E-state index contributed by atoms with van der Waals surface area (Å²) in [7, 11) is 0. The number of carbonyl (C=O) groups excluding carboxylic acids is 1. The van der Waals surface area contributed by atoms with Crippen LogP contribution in [0.1, 0.15) is 55.1 Å². The van der Waals surface area contributed by atoms with Crippen LogP contribution in [0.15, 0.2) is 4.99 Å². The molecular weight excluding hydrogens is 461 g/mol. The molecule has 0 radical (unpaired) electrons. The number of guanidine groups is 1. The number of carbonyl (C=O) groups is 1. The molecule has 0 aliphatic carbocycles. The van der Waals surface area contributed by atoms with Crippen molar-refractivity contribution in [2.45, 2.75) is 66.0 Å². The third kappa shape index (κ3) is 6.68. The Kier molecular flexibility index (Phi) is 10.4. The van der Waals surface area contributed by atoms with Crippen molar-refractivity contribution in [3.63, 3.8) is 0 Å². The number of aromatic nitrogens is 1. The summed E-state index contributed by atoms with van der Waals surface area (Å²) in [6.45, 7) is 11.5. The Labute approximate surface area is 178 Å². The molecule has 0 bridgehead atoms. The van der Waals surface area contributed by atoms with Gasteiger partial charge in [-0.3, -0.25) is 4.79 Å². The molecule has 148 valence electrons. The number of rotatable bonds is 8. The third-order valence-corrected chi connectivity index (χ3v) is 5.64. The Bertz CT molecular complexity index is 585. The maximum absolute atomic E-state index is 11.9. The molecule has 1 saturated heterocycles. The van der Waals surface area contributed by atoms with E-state index >= 15 is 0 Å². The average Bonchev–Trinajstić information content (AvgIpc) is 3.15. The van der Waals surface area contributed by atoms with E-state index in [0.29, 0.717) is 24.9 Å². The minimum atomic E-state index is 0. The van der Waals surface area contributed by atoms with Crippen LogP contribution in [0.5, 0.6) is 0 Å². The number of aliphatic imine (C=N–C) groups is 1. The van der Waals surface area contributed by atoms with E-state index in [1.807, 2.05) is 11.8 Å². The largest absolute Gasteiger partial charge is 0.357 e. The van der Waals surface area contributed by atoms with Crippen molar-refractivity contribution in [2.24, 2.45) is 4.99 Å². The maximum atomic E-state index is 11.9. The zero-order valence-corrected chi connectivity index (χ0v) is 19.4. The van der Waals surface area contributed by atoms with Crippen molar-refractivity contribution in [3.8, 4) is 0 Å². The van der Waals surface area contributed by atoms with Crippen LogP contribution in [-0.2, 0) is 11.3 Å². The van der Waals surface area contributed by atoms with E-state index in [0.717, 1.165) is 55.6 Å². The van der Waals surface area contributed by atoms with Gasteiger partial charge in [0.05, 0.1) is 12.2 Å². The molecule has 2 N–H and O–H groups in total. The van der Waals surface area contributed by atoms with E-state index in [9.17, 15) is 4.79 Å². The molecule has 6 nitrogen and oxygen atoms in total. The Balaban J connectivity index is 0.00000338. The molecular formula is C18H32IN5OS. The summed E-state index contributed by atoms with van der Waals surface area (Å²) in [6.07, 6.45) is 3.65. The van der Waals surface area contributed by atoms with E-state index in [1.54, 1.807) is 11.3 Å². The summed E-state index contributed by atoms with van der Waals surface area (Å²) in [6, 6.07) is 0.328. The van der Waals surface area contributed by atoms with Crippen LogP contribution in [-0.4, -0.2) is 47.4 Å². The fourth-order valence-electron chi connectivity index (χ4n) is 3.09. The zero-order chi connectivity index (χ0) is 18.2.